The van der Waals surface area contributed by atoms with Crippen LogP contribution in [0.1, 0.15) is 30.9 Å². The van der Waals surface area contributed by atoms with Crippen LogP contribution in [0.4, 0.5) is 5.82 Å². The number of hydrogen-bond acceptors (Lipinski definition) is 5. The van der Waals surface area contributed by atoms with Crippen molar-refractivity contribution in [2.75, 3.05) is 12.3 Å². The molecule has 0 spiro atoms. The summed E-state index contributed by atoms with van der Waals surface area (Å²) >= 11 is 0. The topological polar surface area (TPSA) is 73.4 Å². The number of hydrogen-bond donors (Lipinski definition) is 1. The molecule has 0 bridgehead atoms. The van der Waals surface area contributed by atoms with Crippen molar-refractivity contribution in [1.29, 1.82) is 0 Å². The Morgan fingerprint density at radius 3 is 2.66 bits per heavy atom. The molecule has 3 aromatic rings. The van der Waals surface area contributed by atoms with Gasteiger partial charge in [0.15, 0.2) is 0 Å². The molecule has 1 unspecified atom stereocenters. The summed E-state index contributed by atoms with van der Waals surface area (Å²) in [5.74, 6) is 2.05. The highest BCUT2D eigenvalue weighted by Crippen LogP contribution is 2.35. The second-order valence-electron chi connectivity index (χ2n) is 7.87. The van der Waals surface area contributed by atoms with E-state index in [1.54, 1.807) is 6.20 Å². The molecular formula is C24H24N4O. The van der Waals surface area contributed by atoms with E-state index >= 15 is 0 Å². The van der Waals surface area contributed by atoms with E-state index in [0.29, 0.717) is 11.7 Å². The first-order valence-corrected chi connectivity index (χ1v) is 10.2. The summed E-state index contributed by atoms with van der Waals surface area (Å²) in [7, 11) is 0. The van der Waals surface area contributed by atoms with E-state index in [9.17, 15) is 0 Å². The lowest BCUT2D eigenvalue weighted by Crippen LogP contribution is -2.13. The van der Waals surface area contributed by atoms with Crippen molar-refractivity contribution in [2.45, 2.75) is 32.3 Å². The average Bonchev–Trinajstić information content (AvgIpc) is 3.60. The van der Waals surface area contributed by atoms with Crippen molar-refractivity contribution in [3.05, 3.63) is 59.8 Å². The fourth-order valence-corrected chi connectivity index (χ4v) is 3.77. The lowest BCUT2D eigenvalue weighted by Gasteiger charge is -2.14. The molecule has 1 aliphatic heterocycles. The van der Waals surface area contributed by atoms with Crippen LogP contribution in [0.5, 0.6) is 5.75 Å². The van der Waals surface area contributed by atoms with E-state index < -0.39 is 0 Å². The summed E-state index contributed by atoms with van der Waals surface area (Å²) in [5.41, 5.74) is 12.1. The maximum absolute atomic E-state index is 6.17. The standard InChI is InChI=1S/C24H24N4O/c1-15(16-2-3-16)29-21-8-6-17(7-9-21)22-14-27-24(25)23(28-22)19-4-5-20-13-26-11-10-18(20)12-19/h4-9,12-16H,2-3,10-11H2,1H3,(H2,25,27). The van der Waals surface area contributed by atoms with Gasteiger partial charge < -0.3 is 10.5 Å². The second kappa shape index (κ2) is 7.32. The molecule has 1 aliphatic carbocycles. The Labute approximate surface area is 170 Å². The maximum atomic E-state index is 6.17. The minimum Gasteiger partial charge on any atom is -0.490 e. The minimum atomic E-state index is 0.276. The Kier molecular flexibility index (Phi) is 4.51. The highest BCUT2D eigenvalue weighted by Gasteiger charge is 2.29. The minimum absolute atomic E-state index is 0.276. The molecule has 1 fully saturated rings. The molecule has 0 radical (unpaired) electrons. The van der Waals surface area contributed by atoms with Gasteiger partial charge in [0.25, 0.3) is 0 Å². The van der Waals surface area contributed by atoms with Gasteiger partial charge in [0.2, 0.25) is 0 Å². The molecule has 2 heterocycles. The number of anilines is 1. The lowest BCUT2D eigenvalue weighted by atomic mass is 9.98. The third-order valence-electron chi connectivity index (χ3n) is 5.72. The number of fused-ring (bicyclic) bond motifs is 1. The molecule has 2 N–H and O–H groups in total. The van der Waals surface area contributed by atoms with Gasteiger partial charge in [-0.2, -0.15) is 0 Å². The molecule has 1 atom stereocenters. The Morgan fingerprint density at radius 1 is 1.07 bits per heavy atom. The van der Waals surface area contributed by atoms with Gasteiger partial charge in [-0.1, -0.05) is 12.1 Å². The van der Waals surface area contributed by atoms with E-state index in [4.69, 9.17) is 15.5 Å². The van der Waals surface area contributed by atoms with E-state index in [2.05, 4.69) is 29.0 Å². The van der Waals surface area contributed by atoms with Gasteiger partial charge in [-0.05, 0) is 73.6 Å². The van der Waals surface area contributed by atoms with E-state index in [1.165, 1.54) is 24.0 Å². The van der Waals surface area contributed by atoms with Crippen molar-refractivity contribution in [2.24, 2.45) is 10.9 Å². The second-order valence-corrected chi connectivity index (χ2v) is 7.87. The van der Waals surface area contributed by atoms with Crippen molar-refractivity contribution in [3.8, 4) is 28.3 Å². The monoisotopic (exact) mass is 384 g/mol. The number of benzene rings is 2. The third kappa shape index (κ3) is 3.73. The fraction of sp³-hybridized carbons (Fsp3) is 0.292. The molecule has 1 aromatic heterocycles. The normalized spacial score (nSPS) is 16.3. The molecule has 2 aliphatic rings. The molecule has 0 amide bonds. The summed E-state index contributed by atoms with van der Waals surface area (Å²) in [6, 6.07) is 14.3. The first-order chi connectivity index (χ1) is 14.2. The van der Waals surface area contributed by atoms with Crippen LogP contribution in [0.2, 0.25) is 0 Å². The Bertz CT molecular complexity index is 1070. The number of nitrogens with zero attached hydrogens (tertiary/aromatic N) is 3. The maximum Gasteiger partial charge on any atom is 0.150 e. The summed E-state index contributed by atoms with van der Waals surface area (Å²) in [6.45, 7) is 2.97. The van der Waals surface area contributed by atoms with Crippen LogP contribution in [0.15, 0.2) is 53.7 Å². The zero-order valence-electron chi connectivity index (χ0n) is 16.5. The number of nitrogen functional groups attached to an aromatic ring is 1. The fourth-order valence-electron chi connectivity index (χ4n) is 3.77. The smallest absolute Gasteiger partial charge is 0.150 e. The van der Waals surface area contributed by atoms with Crippen molar-refractivity contribution >= 4 is 12.0 Å². The molecule has 1 saturated carbocycles. The number of ether oxygens (including phenoxy) is 1. The predicted octanol–water partition coefficient (Wildman–Crippen LogP) is 4.55. The van der Waals surface area contributed by atoms with E-state index in [1.807, 2.05) is 36.5 Å². The number of aliphatic imine (C=N–C) groups is 1. The quantitative estimate of drug-likeness (QED) is 0.701. The number of aromatic nitrogens is 2. The number of nitrogens with two attached hydrogens (primary N) is 1. The highest BCUT2D eigenvalue weighted by molar-refractivity contribution is 5.85. The molecule has 146 valence electrons. The lowest BCUT2D eigenvalue weighted by molar-refractivity contribution is 0.198. The zero-order chi connectivity index (χ0) is 19.8. The first-order valence-electron chi connectivity index (χ1n) is 10.2. The average molecular weight is 384 g/mol. The van der Waals surface area contributed by atoms with Crippen molar-refractivity contribution in [1.82, 2.24) is 9.97 Å². The summed E-state index contributed by atoms with van der Waals surface area (Å²) in [6.07, 6.45) is 7.43. The van der Waals surface area contributed by atoms with Gasteiger partial charge in [0, 0.05) is 23.9 Å². The van der Waals surface area contributed by atoms with Crippen LogP contribution in [0.3, 0.4) is 0 Å². The van der Waals surface area contributed by atoms with E-state index in [0.717, 1.165) is 41.2 Å². The van der Waals surface area contributed by atoms with Gasteiger partial charge in [0.1, 0.15) is 17.3 Å². The zero-order valence-corrected chi connectivity index (χ0v) is 16.5. The Balaban J connectivity index is 1.42. The Morgan fingerprint density at radius 2 is 1.86 bits per heavy atom. The Hall–Kier alpha value is -3.21. The van der Waals surface area contributed by atoms with Crippen LogP contribution >= 0.6 is 0 Å². The highest BCUT2D eigenvalue weighted by atomic mass is 16.5. The third-order valence-corrected chi connectivity index (χ3v) is 5.72. The molecule has 2 aromatic carbocycles. The van der Waals surface area contributed by atoms with Gasteiger partial charge in [-0.15, -0.1) is 0 Å². The largest absolute Gasteiger partial charge is 0.490 e. The predicted molar refractivity (Wildman–Crippen MR) is 116 cm³/mol. The van der Waals surface area contributed by atoms with Crippen LogP contribution in [0, 0.1) is 5.92 Å². The molecule has 29 heavy (non-hydrogen) atoms. The molecule has 5 nitrogen and oxygen atoms in total. The SMILES string of the molecule is CC(Oc1ccc(-c2cnc(N)c(-c3ccc4c(c3)CCN=C4)n2)cc1)C1CC1. The molecule has 5 rings (SSSR count). The summed E-state index contributed by atoms with van der Waals surface area (Å²) in [4.78, 5) is 13.6. The molecule has 0 saturated heterocycles. The van der Waals surface area contributed by atoms with Gasteiger partial charge in [0.05, 0.1) is 18.0 Å². The molecule has 5 heteroatoms. The van der Waals surface area contributed by atoms with Crippen molar-refractivity contribution < 1.29 is 4.74 Å². The molecular weight excluding hydrogens is 360 g/mol. The van der Waals surface area contributed by atoms with Crippen LogP contribution < -0.4 is 10.5 Å². The first kappa shape index (κ1) is 17.9. The summed E-state index contributed by atoms with van der Waals surface area (Å²) in [5, 5.41) is 0. The van der Waals surface area contributed by atoms with E-state index in [-0.39, 0.29) is 6.10 Å². The van der Waals surface area contributed by atoms with Crippen LogP contribution in [0.25, 0.3) is 22.5 Å². The van der Waals surface area contributed by atoms with Gasteiger partial charge >= 0.3 is 0 Å². The van der Waals surface area contributed by atoms with Gasteiger partial charge in [-0.3, -0.25) is 4.99 Å². The van der Waals surface area contributed by atoms with Crippen LogP contribution in [-0.4, -0.2) is 28.8 Å². The summed E-state index contributed by atoms with van der Waals surface area (Å²) < 4.78 is 6.03. The van der Waals surface area contributed by atoms with Crippen LogP contribution in [-0.2, 0) is 6.42 Å². The van der Waals surface area contributed by atoms with Gasteiger partial charge in [-0.25, -0.2) is 9.97 Å². The van der Waals surface area contributed by atoms with Crippen molar-refractivity contribution in [3.63, 3.8) is 0 Å². The number of rotatable bonds is 5.